The zero-order valence-corrected chi connectivity index (χ0v) is 8.92. The molecule has 0 spiro atoms. The van der Waals surface area contributed by atoms with Crippen molar-refractivity contribution in [2.24, 2.45) is 5.73 Å². The molecule has 1 unspecified atom stereocenters. The largest absolute Gasteiger partial charge is 0.324 e. The van der Waals surface area contributed by atoms with E-state index in [4.69, 9.17) is 5.73 Å². The molecule has 14 heavy (non-hydrogen) atoms. The van der Waals surface area contributed by atoms with Crippen molar-refractivity contribution in [3.05, 3.63) is 47.3 Å². The fourth-order valence-electron chi connectivity index (χ4n) is 1.36. The average molecular weight is 203 g/mol. The molecule has 1 nitrogen and oxygen atoms in total. The van der Waals surface area contributed by atoms with E-state index in [9.17, 15) is 0 Å². The highest BCUT2D eigenvalue weighted by Crippen LogP contribution is 2.30. The SMILES string of the molecule is CC(N)c1ccc(-c2ccccc2)s1. The lowest BCUT2D eigenvalue weighted by molar-refractivity contribution is 0.838. The molecule has 0 aliphatic carbocycles. The molecule has 2 rings (SSSR count). The zero-order valence-electron chi connectivity index (χ0n) is 8.10. The van der Waals surface area contributed by atoms with Crippen molar-refractivity contribution in [1.82, 2.24) is 0 Å². The topological polar surface area (TPSA) is 26.0 Å². The van der Waals surface area contributed by atoms with E-state index in [0.29, 0.717) is 0 Å². The summed E-state index contributed by atoms with van der Waals surface area (Å²) in [5.41, 5.74) is 7.08. The van der Waals surface area contributed by atoms with Gasteiger partial charge in [0.2, 0.25) is 0 Å². The molecule has 1 aromatic heterocycles. The maximum absolute atomic E-state index is 5.82. The number of nitrogens with two attached hydrogens (primary N) is 1. The second kappa shape index (κ2) is 3.95. The highest BCUT2D eigenvalue weighted by Gasteiger charge is 2.04. The minimum Gasteiger partial charge on any atom is -0.324 e. The Morgan fingerprint density at radius 3 is 2.36 bits per heavy atom. The fraction of sp³-hybridized carbons (Fsp3) is 0.167. The van der Waals surface area contributed by atoms with E-state index in [1.54, 1.807) is 11.3 Å². The molecule has 0 saturated heterocycles. The molecular formula is C12H13NS. The van der Waals surface area contributed by atoms with Gasteiger partial charge in [-0.2, -0.15) is 0 Å². The van der Waals surface area contributed by atoms with E-state index in [2.05, 4.69) is 36.4 Å². The first-order valence-electron chi connectivity index (χ1n) is 4.68. The summed E-state index contributed by atoms with van der Waals surface area (Å²) in [5.74, 6) is 0. The molecule has 1 aromatic carbocycles. The van der Waals surface area contributed by atoms with E-state index in [1.807, 2.05) is 13.0 Å². The standard InChI is InChI=1S/C12H13NS/c1-9(13)11-7-8-12(14-11)10-5-3-2-4-6-10/h2-9H,13H2,1H3. The average Bonchev–Trinajstić information content (AvgIpc) is 2.68. The second-order valence-electron chi connectivity index (χ2n) is 3.36. The van der Waals surface area contributed by atoms with Gasteiger partial charge in [0.15, 0.2) is 0 Å². The lowest BCUT2D eigenvalue weighted by atomic mass is 10.2. The number of hydrogen-bond donors (Lipinski definition) is 1. The van der Waals surface area contributed by atoms with Gasteiger partial charge in [-0.25, -0.2) is 0 Å². The molecule has 0 bridgehead atoms. The Labute approximate surface area is 88.2 Å². The summed E-state index contributed by atoms with van der Waals surface area (Å²) in [6.07, 6.45) is 0. The third-order valence-electron chi connectivity index (χ3n) is 2.13. The predicted molar refractivity (Wildman–Crippen MR) is 62.4 cm³/mol. The molecule has 0 radical (unpaired) electrons. The Kier molecular flexibility index (Phi) is 2.66. The first-order valence-corrected chi connectivity index (χ1v) is 5.50. The molecular weight excluding hydrogens is 190 g/mol. The molecule has 2 heteroatoms. The second-order valence-corrected chi connectivity index (χ2v) is 4.47. The van der Waals surface area contributed by atoms with Crippen LogP contribution in [0.15, 0.2) is 42.5 Å². The summed E-state index contributed by atoms with van der Waals surface area (Å²) < 4.78 is 0. The first kappa shape index (κ1) is 9.44. The molecule has 1 atom stereocenters. The number of hydrogen-bond acceptors (Lipinski definition) is 2. The van der Waals surface area contributed by atoms with Crippen molar-refractivity contribution in [2.75, 3.05) is 0 Å². The van der Waals surface area contributed by atoms with Gasteiger partial charge in [-0.3, -0.25) is 0 Å². The maximum Gasteiger partial charge on any atom is 0.0361 e. The summed E-state index contributed by atoms with van der Waals surface area (Å²) in [6, 6.07) is 14.8. The van der Waals surface area contributed by atoms with Gasteiger partial charge >= 0.3 is 0 Å². The summed E-state index contributed by atoms with van der Waals surface area (Å²) >= 11 is 1.77. The molecule has 2 N–H and O–H groups in total. The highest BCUT2D eigenvalue weighted by molar-refractivity contribution is 7.15. The van der Waals surface area contributed by atoms with Crippen molar-refractivity contribution in [1.29, 1.82) is 0 Å². The molecule has 72 valence electrons. The predicted octanol–water partition coefficient (Wildman–Crippen LogP) is 3.43. The van der Waals surface area contributed by atoms with Crippen LogP contribution in [0.2, 0.25) is 0 Å². The Bertz CT molecular complexity index is 403. The zero-order chi connectivity index (χ0) is 9.97. The van der Waals surface area contributed by atoms with Gasteiger partial charge in [0.1, 0.15) is 0 Å². The van der Waals surface area contributed by atoms with E-state index >= 15 is 0 Å². The van der Waals surface area contributed by atoms with Crippen LogP contribution >= 0.6 is 11.3 Å². The maximum atomic E-state index is 5.82. The van der Waals surface area contributed by atoms with Crippen LogP contribution in [0.3, 0.4) is 0 Å². The molecule has 1 heterocycles. The van der Waals surface area contributed by atoms with Gasteiger partial charge in [-0.1, -0.05) is 30.3 Å². The van der Waals surface area contributed by atoms with Gasteiger partial charge < -0.3 is 5.73 Å². The normalized spacial score (nSPS) is 12.7. The van der Waals surface area contributed by atoms with Gasteiger partial charge in [0.05, 0.1) is 0 Å². The van der Waals surface area contributed by atoms with E-state index in [0.717, 1.165) is 0 Å². The number of benzene rings is 1. The van der Waals surface area contributed by atoms with Crippen LogP contribution in [0.4, 0.5) is 0 Å². The van der Waals surface area contributed by atoms with Crippen molar-refractivity contribution in [3.8, 4) is 10.4 Å². The Morgan fingerprint density at radius 2 is 1.79 bits per heavy atom. The molecule has 0 aliphatic heterocycles. The van der Waals surface area contributed by atoms with Crippen LogP contribution in [0.1, 0.15) is 17.8 Å². The van der Waals surface area contributed by atoms with Gasteiger partial charge in [0.25, 0.3) is 0 Å². The number of thiophene rings is 1. The monoisotopic (exact) mass is 203 g/mol. The Balaban J connectivity index is 2.34. The van der Waals surface area contributed by atoms with Crippen LogP contribution in [0.25, 0.3) is 10.4 Å². The lowest BCUT2D eigenvalue weighted by Crippen LogP contribution is -2.01. The van der Waals surface area contributed by atoms with Gasteiger partial charge in [0, 0.05) is 15.8 Å². The fourth-order valence-corrected chi connectivity index (χ4v) is 2.32. The van der Waals surface area contributed by atoms with Crippen molar-refractivity contribution in [3.63, 3.8) is 0 Å². The van der Waals surface area contributed by atoms with Crippen molar-refractivity contribution >= 4 is 11.3 Å². The number of rotatable bonds is 2. The summed E-state index contributed by atoms with van der Waals surface area (Å²) in [7, 11) is 0. The van der Waals surface area contributed by atoms with Crippen molar-refractivity contribution in [2.45, 2.75) is 13.0 Å². The van der Waals surface area contributed by atoms with Crippen LogP contribution in [0.5, 0.6) is 0 Å². The molecule has 2 aromatic rings. The minimum absolute atomic E-state index is 0.137. The van der Waals surface area contributed by atoms with Crippen LogP contribution in [-0.2, 0) is 0 Å². The smallest absolute Gasteiger partial charge is 0.0361 e. The van der Waals surface area contributed by atoms with E-state index < -0.39 is 0 Å². The van der Waals surface area contributed by atoms with E-state index in [-0.39, 0.29) is 6.04 Å². The van der Waals surface area contributed by atoms with Gasteiger partial charge in [-0.15, -0.1) is 11.3 Å². The molecule has 0 amide bonds. The Morgan fingerprint density at radius 1 is 1.07 bits per heavy atom. The minimum atomic E-state index is 0.137. The lowest BCUT2D eigenvalue weighted by Gasteiger charge is -1.99. The quantitative estimate of drug-likeness (QED) is 0.795. The van der Waals surface area contributed by atoms with Gasteiger partial charge in [-0.05, 0) is 24.6 Å². The third-order valence-corrected chi connectivity index (χ3v) is 3.47. The van der Waals surface area contributed by atoms with Crippen LogP contribution in [-0.4, -0.2) is 0 Å². The summed E-state index contributed by atoms with van der Waals surface area (Å²) in [5, 5.41) is 0. The van der Waals surface area contributed by atoms with Crippen LogP contribution in [0, 0.1) is 0 Å². The highest BCUT2D eigenvalue weighted by atomic mass is 32.1. The third kappa shape index (κ3) is 1.86. The molecule has 0 aliphatic rings. The Hall–Kier alpha value is -1.12. The van der Waals surface area contributed by atoms with E-state index in [1.165, 1.54) is 15.3 Å². The summed E-state index contributed by atoms with van der Waals surface area (Å²) in [6.45, 7) is 2.01. The summed E-state index contributed by atoms with van der Waals surface area (Å²) in [4.78, 5) is 2.53. The van der Waals surface area contributed by atoms with Crippen LogP contribution < -0.4 is 5.73 Å². The van der Waals surface area contributed by atoms with Crippen molar-refractivity contribution < 1.29 is 0 Å². The molecule has 0 saturated carbocycles. The molecule has 0 fully saturated rings. The first-order chi connectivity index (χ1) is 6.77.